The van der Waals surface area contributed by atoms with E-state index in [4.69, 9.17) is 9.66 Å². The molecular formula is C11H13N5O5S. The van der Waals surface area contributed by atoms with E-state index in [0.717, 1.165) is 6.07 Å². The second-order valence-electron chi connectivity index (χ2n) is 4.54. The zero-order valence-corrected chi connectivity index (χ0v) is 12.6. The summed E-state index contributed by atoms with van der Waals surface area (Å²) in [4.78, 5) is 15.7. The number of benzene rings is 1. The van der Waals surface area contributed by atoms with Crippen LogP contribution in [-0.4, -0.2) is 30.5 Å². The molecule has 11 heteroatoms. The largest absolute Gasteiger partial charge is 0.361 e. The topological polar surface area (TPSA) is 145 Å². The molecule has 0 saturated heterocycles. The van der Waals surface area contributed by atoms with E-state index in [9.17, 15) is 18.5 Å². The van der Waals surface area contributed by atoms with Gasteiger partial charge in [-0.2, -0.15) is 4.98 Å². The molecule has 118 valence electrons. The van der Waals surface area contributed by atoms with Gasteiger partial charge in [-0.3, -0.25) is 10.1 Å². The summed E-state index contributed by atoms with van der Waals surface area (Å²) in [5, 5.41) is 19.8. The monoisotopic (exact) mass is 327 g/mol. The van der Waals surface area contributed by atoms with Crippen molar-refractivity contribution in [3.05, 3.63) is 40.0 Å². The highest BCUT2D eigenvalue weighted by Crippen LogP contribution is 2.30. The molecule has 2 rings (SSSR count). The lowest BCUT2D eigenvalue weighted by molar-refractivity contribution is -0.384. The van der Waals surface area contributed by atoms with E-state index >= 15 is 0 Å². The van der Waals surface area contributed by atoms with Crippen molar-refractivity contribution in [1.82, 2.24) is 10.1 Å². The molecule has 1 aromatic heterocycles. The molecule has 0 amide bonds. The number of nitro benzene ring substituents is 1. The van der Waals surface area contributed by atoms with Crippen LogP contribution in [0.2, 0.25) is 0 Å². The Labute approximate surface area is 125 Å². The van der Waals surface area contributed by atoms with Gasteiger partial charge in [-0.25, -0.2) is 13.6 Å². The lowest BCUT2D eigenvalue weighted by Crippen LogP contribution is -2.19. The van der Waals surface area contributed by atoms with Crippen molar-refractivity contribution < 1.29 is 17.9 Å². The van der Waals surface area contributed by atoms with E-state index in [2.05, 4.69) is 10.1 Å². The maximum absolute atomic E-state index is 11.3. The van der Waals surface area contributed by atoms with Gasteiger partial charge < -0.3 is 9.42 Å². The Bertz CT molecular complexity index is 816. The molecule has 0 atom stereocenters. The molecule has 1 aromatic carbocycles. The Morgan fingerprint density at radius 3 is 2.64 bits per heavy atom. The lowest BCUT2D eigenvalue weighted by atomic mass is 10.2. The molecule has 0 aliphatic heterocycles. The minimum absolute atomic E-state index is 0.160. The molecule has 2 aromatic rings. The standard InChI is InChI=1S/C11H13N5O5S/c1-7-13-11(14-21-7)6-15(2)9-4-3-8(22(12,19)20)5-10(9)16(17)18/h3-5H,6H2,1-2H3,(H2,12,19,20). The third kappa shape index (κ3) is 3.38. The number of rotatable bonds is 5. The first-order valence-corrected chi connectivity index (χ1v) is 7.54. The van der Waals surface area contributed by atoms with Crippen LogP contribution < -0.4 is 10.0 Å². The van der Waals surface area contributed by atoms with Gasteiger partial charge in [-0.1, -0.05) is 5.16 Å². The smallest absolute Gasteiger partial charge is 0.293 e. The number of sulfonamides is 1. The van der Waals surface area contributed by atoms with Crippen LogP contribution in [0.5, 0.6) is 0 Å². The average molecular weight is 327 g/mol. The zero-order chi connectivity index (χ0) is 16.5. The van der Waals surface area contributed by atoms with Gasteiger partial charge in [0.1, 0.15) is 5.69 Å². The molecule has 0 aliphatic carbocycles. The normalized spacial score (nSPS) is 11.4. The number of aromatic nitrogens is 2. The quantitative estimate of drug-likeness (QED) is 0.619. The number of aryl methyl sites for hydroxylation is 1. The minimum Gasteiger partial charge on any atom is -0.361 e. The summed E-state index contributed by atoms with van der Waals surface area (Å²) in [6.45, 7) is 1.78. The predicted molar refractivity (Wildman–Crippen MR) is 75.6 cm³/mol. The van der Waals surface area contributed by atoms with Crippen LogP contribution in [0.15, 0.2) is 27.6 Å². The highest BCUT2D eigenvalue weighted by Gasteiger charge is 2.22. The summed E-state index contributed by atoms with van der Waals surface area (Å²) in [6.07, 6.45) is 0. The second-order valence-corrected chi connectivity index (χ2v) is 6.10. The van der Waals surface area contributed by atoms with Gasteiger partial charge in [0.25, 0.3) is 5.69 Å². The molecule has 2 N–H and O–H groups in total. The number of nitrogens with zero attached hydrogens (tertiary/aromatic N) is 4. The van der Waals surface area contributed by atoms with Crippen LogP contribution >= 0.6 is 0 Å². The first-order chi connectivity index (χ1) is 10.2. The number of primary sulfonamides is 1. The van der Waals surface area contributed by atoms with E-state index in [1.807, 2.05) is 0 Å². The van der Waals surface area contributed by atoms with Crippen molar-refractivity contribution in [1.29, 1.82) is 0 Å². The first kappa shape index (κ1) is 15.9. The molecule has 22 heavy (non-hydrogen) atoms. The van der Waals surface area contributed by atoms with E-state index in [-0.39, 0.29) is 22.8 Å². The Hall–Kier alpha value is -2.53. The summed E-state index contributed by atoms with van der Waals surface area (Å²) >= 11 is 0. The minimum atomic E-state index is -4.02. The van der Waals surface area contributed by atoms with Gasteiger partial charge in [0.05, 0.1) is 16.4 Å². The van der Waals surface area contributed by atoms with E-state index in [1.54, 1.807) is 14.0 Å². The highest BCUT2D eigenvalue weighted by molar-refractivity contribution is 7.89. The fourth-order valence-corrected chi connectivity index (χ4v) is 2.39. The molecule has 1 heterocycles. The maximum Gasteiger partial charge on any atom is 0.293 e. The number of nitrogens with two attached hydrogens (primary N) is 1. The Balaban J connectivity index is 2.39. The highest BCUT2D eigenvalue weighted by atomic mass is 32.2. The molecule has 0 unspecified atom stereocenters. The van der Waals surface area contributed by atoms with Gasteiger partial charge in [0.15, 0.2) is 5.82 Å². The number of nitro groups is 1. The number of anilines is 1. The van der Waals surface area contributed by atoms with Gasteiger partial charge >= 0.3 is 0 Å². The third-order valence-corrected chi connectivity index (χ3v) is 3.74. The van der Waals surface area contributed by atoms with Crippen LogP contribution in [0.3, 0.4) is 0 Å². The van der Waals surface area contributed by atoms with Crippen molar-refractivity contribution in [3.8, 4) is 0 Å². The Morgan fingerprint density at radius 2 is 2.14 bits per heavy atom. The van der Waals surface area contributed by atoms with Crippen molar-refractivity contribution in [2.24, 2.45) is 5.14 Å². The number of hydrogen-bond donors (Lipinski definition) is 1. The Kier molecular flexibility index (Phi) is 4.10. The maximum atomic E-state index is 11.3. The van der Waals surface area contributed by atoms with Crippen LogP contribution in [0.4, 0.5) is 11.4 Å². The molecule has 0 fully saturated rings. The van der Waals surface area contributed by atoms with Crippen molar-refractivity contribution in [3.63, 3.8) is 0 Å². The van der Waals surface area contributed by atoms with Crippen LogP contribution in [0.1, 0.15) is 11.7 Å². The van der Waals surface area contributed by atoms with E-state index < -0.39 is 14.9 Å². The summed E-state index contributed by atoms with van der Waals surface area (Å²) in [5.41, 5.74) is -0.172. The van der Waals surface area contributed by atoms with Gasteiger partial charge in [0, 0.05) is 20.0 Å². The molecule has 0 aliphatic rings. The number of hydrogen-bond acceptors (Lipinski definition) is 8. The fourth-order valence-electron chi connectivity index (χ4n) is 1.85. The summed E-state index contributed by atoms with van der Waals surface area (Å²) in [7, 11) is -2.43. The average Bonchev–Trinajstić information content (AvgIpc) is 2.82. The van der Waals surface area contributed by atoms with Gasteiger partial charge in [-0.15, -0.1) is 0 Å². The predicted octanol–water partition coefficient (Wildman–Crippen LogP) is 0.570. The zero-order valence-electron chi connectivity index (χ0n) is 11.8. The van der Waals surface area contributed by atoms with Crippen LogP contribution in [0.25, 0.3) is 0 Å². The second kappa shape index (κ2) is 5.69. The van der Waals surface area contributed by atoms with E-state index in [0.29, 0.717) is 11.7 Å². The molecule has 10 nitrogen and oxygen atoms in total. The molecule has 0 saturated carbocycles. The SMILES string of the molecule is Cc1nc(CN(C)c2ccc(S(N)(=O)=O)cc2[N+](=O)[O-])no1. The van der Waals surface area contributed by atoms with Crippen LogP contribution in [-0.2, 0) is 16.6 Å². The van der Waals surface area contributed by atoms with Gasteiger partial charge in [-0.05, 0) is 12.1 Å². The van der Waals surface area contributed by atoms with Gasteiger partial charge in [0.2, 0.25) is 15.9 Å². The van der Waals surface area contributed by atoms with E-state index in [1.165, 1.54) is 17.0 Å². The third-order valence-electron chi connectivity index (χ3n) is 2.83. The molecule has 0 radical (unpaired) electrons. The fraction of sp³-hybridized carbons (Fsp3) is 0.273. The molecular weight excluding hydrogens is 314 g/mol. The lowest BCUT2D eigenvalue weighted by Gasteiger charge is -2.17. The summed E-state index contributed by atoms with van der Waals surface area (Å²) in [6, 6.07) is 3.43. The summed E-state index contributed by atoms with van der Waals surface area (Å²) < 4.78 is 27.4. The summed E-state index contributed by atoms with van der Waals surface area (Å²) in [5.74, 6) is 0.729. The molecule has 0 spiro atoms. The van der Waals surface area contributed by atoms with Crippen molar-refractivity contribution in [2.45, 2.75) is 18.4 Å². The van der Waals surface area contributed by atoms with Crippen LogP contribution in [0, 0.1) is 17.0 Å². The van der Waals surface area contributed by atoms with Crippen molar-refractivity contribution in [2.75, 3.05) is 11.9 Å². The molecule has 0 bridgehead atoms. The first-order valence-electron chi connectivity index (χ1n) is 6.00. The Morgan fingerprint density at radius 1 is 1.45 bits per heavy atom. The van der Waals surface area contributed by atoms with Crippen molar-refractivity contribution >= 4 is 21.4 Å².